The summed E-state index contributed by atoms with van der Waals surface area (Å²) in [5.41, 5.74) is 6.60. The first-order chi connectivity index (χ1) is 12.7. The van der Waals surface area contributed by atoms with Gasteiger partial charge in [0.15, 0.2) is 5.78 Å². The first-order valence-corrected chi connectivity index (χ1v) is 11.3. The third kappa shape index (κ3) is 6.95. The maximum absolute atomic E-state index is 12.5. The number of Topliss-reactive ketones (excluding diaryl/α,β-unsaturated/α-hetero) is 1. The maximum atomic E-state index is 12.5. The fourth-order valence-electron chi connectivity index (χ4n) is 3.29. The highest BCUT2D eigenvalue weighted by Crippen LogP contribution is 2.30. The summed E-state index contributed by atoms with van der Waals surface area (Å²) in [7, 11) is -1.64. The molecule has 0 spiro atoms. The Labute approximate surface area is 166 Å². The van der Waals surface area contributed by atoms with E-state index in [1.807, 2.05) is 0 Å². The third-order valence-electron chi connectivity index (χ3n) is 4.72. The molecule has 0 atom stereocenters. The summed E-state index contributed by atoms with van der Waals surface area (Å²) < 4.78 is 30.5. The van der Waals surface area contributed by atoms with Gasteiger partial charge in [0.25, 0.3) is 0 Å². The molecule has 7 nitrogen and oxygen atoms in total. The van der Waals surface area contributed by atoms with E-state index in [1.165, 1.54) is 13.4 Å². The molecule has 27 heavy (non-hydrogen) atoms. The van der Waals surface area contributed by atoms with E-state index in [0.29, 0.717) is 28.4 Å². The Morgan fingerprint density at radius 1 is 1.33 bits per heavy atom. The second-order valence-electron chi connectivity index (χ2n) is 6.96. The smallest absolute Gasteiger partial charge is 0.208 e. The highest BCUT2D eigenvalue weighted by molar-refractivity contribution is 7.88. The Kier molecular flexibility index (Phi) is 7.91. The van der Waals surface area contributed by atoms with Crippen LogP contribution in [0.3, 0.4) is 0 Å². The average molecular weight is 418 g/mol. The SMILES string of the molecule is COc1cc(N)c(Cl)cc1C(=O)CCCCN1CCC(NS(C)(=O)=O)CC1. The highest BCUT2D eigenvalue weighted by Gasteiger charge is 2.21. The van der Waals surface area contributed by atoms with Gasteiger partial charge >= 0.3 is 0 Å². The summed E-state index contributed by atoms with van der Waals surface area (Å²) >= 11 is 6.02. The minimum absolute atomic E-state index is 0.00943. The van der Waals surface area contributed by atoms with Crippen LogP contribution in [-0.2, 0) is 10.0 Å². The summed E-state index contributed by atoms with van der Waals surface area (Å²) in [5, 5.41) is 0.352. The van der Waals surface area contributed by atoms with Gasteiger partial charge in [-0.15, -0.1) is 0 Å². The van der Waals surface area contributed by atoms with Crippen LogP contribution in [0.5, 0.6) is 5.75 Å². The molecule has 1 aliphatic heterocycles. The van der Waals surface area contributed by atoms with Crippen LogP contribution in [-0.4, -0.2) is 58.1 Å². The van der Waals surface area contributed by atoms with Crippen molar-refractivity contribution in [2.45, 2.75) is 38.1 Å². The molecule has 3 N–H and O–H groups in total. The monoisotopic (exact) mass is 417 g/mol. The Hall–Kier alpha value is -1.35. The lowest BCUT2D eigenvalue weighted by atomic mass is 10.0. The number of hydrogen-bond donors (Lipinski definition) is 2. The van der Waals surface area contributed by atoms with Crippen molar-refractivity contribution in [1.82, 2.24) is 9.62 Å². The number of ketones is 1. The van der Waals surface area contributed by atoms with E-state index < -0.39 is 10.0 Å². The van der Waals surface area contributed by atoms with Crippen molar-refractivity contribution in [3.05, 3.63) is 22.7 Å². The summed E-state index contributed by atoms with van der Waals surface area (Å²) in [6.07, 6.45) is 4.91. The molecule has 1 heterocycles. The van der Waals surface area contributed by atoms with Crippen LogP contribution in [0.25, 0.3) is 0 Å². The molecule has 0 amide bonds. The maximum Gasteiger partial charge on any atom is 0.208 e. The van der Waals surface area contributed by atoms with Gasteiger partial charge in [0.2, 0.25) is 10.0 Å². The molecule has 1 aliphatic rings. The Balaban J connectivity index is 1.73. The van der Waals surface area contributed by atoms with E-state index in [2.05, 4.69) is 9.62 Å². The number of nitrogens with zero attached hydrogens (tertiary/aromatic N) is 1. The van der Waals surface area contributed by atoms with Gasteiger partial charge in [-0.05, 0) is 51.4 Å². The fraction of sp³-hybridized carbons (Fsp3) is 0.611. The van der Waals surface area contributed by atoms with Crippen molar-refractivity contribution in [2.75, 3.05) is 38.7 Å². The number of benzene rings is 1. The molecule has 1 fully saturated rings. The van der Waals surface area contributed by atoms with Gasteiger partial charge in [0.05, 0.1) is 29.6 Å². The molecule has 9 heteroatoms. The molecule has 152 valence electrons. The van der Waals surface area contributed by atoms with Crippen molar-refractivity contribution in [3.63, 3.8) is 0 Å². The number of rotatable bonds is 9. The van der Waals surface area contributed by atoms with Gasteiger partial charge in [-0.1, -0.05) is 11.6 Å². The number of ether oxygens (including phenoxy) is 1. The van der Waals surface area contributed by atoms with Gasteiger partial charge in [0, 0.05) is 18.5 Å². The number of unbranched alkanes of at least 4 members (excludes halogenated alkanes) is 1. The molecular weight excluding hydrogens is 390 g/mol. The topological polar surface area (TPSA) is 102 Å². The molecule has 1 aromatic rings. The number of nitrogens with one attached hydrogen (secondary N) is 1. The Morgan fingerprint density at radius 2 is 2.00 bits per heavy atom. The summed E-state index contributed by atoms with van der Waals surface area (Å²) in [4.78, 5) is 14.8. The first kappa shape index (κ1) is 21.9. The lowest BCUT2D eigenvalue weighted by molar-refractivity contribution is 0.0974. The number of hydrogen-bond acceptors (Lipinski definition) is 6. The Bertz CT molecular complexity index is 762. The molecular formula is C18H28ClN3O4S. The lowest BCUT2D eigenvalue weighted by Crippen LogP contribution is -2.44. The van der Waals surface area contributed by atoms with Crippen molar-refractivity contribution in [3.8, 4) is 5.75 Å². The van der Waals surface area contributed by atoms with E-state index in [-0.39, 0.29) is 11.8 Å². The zero-order chi connectivity index (χ0) is 20.0. The van der Waals surface area contributed by atoms with Crippen molar-refractivity contribution >= 4 is 33.1 Å². The number of likely N-dealkylation sites (tertiary alicyclic amines) is 1. The van der Waals surface area contributed by atoms with Crippen LogP contribution in [0.1, 0.15) is 42.5 Å². The minimum Gasteiger partial charge on any atom is -0.496 e. The zero-order valence-corrected chi connectivity index (χ0v) is 17.4. The van der Waals surface area contributed by atoms with Crippen LogP contribution in [0.4, 0.5) is 5.69 Å². The predicted molar refractivity (Wildman–Crippen MR) is 108 cm³/mol. The van der Waals surface area contributed by atoms with E-state index in [1.54, 1.807) is 12.1 Å². The lowest BCUT2D eigenvalue weighted by Gasteiger charge is -2.31. The molecule has 0 radical (unpaired) electrons. The Morgan fingerprint density at radius 3 is 2.59 bits per heavy atom. The van der Waals surface area contributed by atoms with E-state index in [0.717, 1.165) is 45.3 Å². The van der Waals surface area contributed by atoms with Crippen LogP contribution >= 0.6 is 11.6 Å². The molecule has 1 aromatic carbocycles. The van der Waals surface area contributed by atoms with Gasteiger partial charge in [0.1, 0.15) is 5.75 Å². The number of carbonyl (C=O) groups is 1. The van der Waals surface area contributed by atoms with Crippen molar-refractivity contribution in [1.29, 1.82) is 0 Å². The summed E-state index contributed by atoms with van der Waals surface area (Å²) in [5.74, 6) is 0.437. The quantitative estimate of drug-likeness (QED) is 0.363. The number of nitrogen functional groups attached to an aromatic ring is 1. The molecule has 1 saturated heterocycles. The number of halogens is 1. The predicted octanol–water partition coefficient (Wildman–Crippen LogP) is 2.30. The van der Waals surface area contributed by atoms with Gasteiger partial charge in [-0.3, -0.25) is 4.79 Å². The zero-order valence-electron chi connectivity index (χ0n) is 15.8. The number of sulfonamides is 1. The van der Waals surface area contributed by atoms with E-state index in [9.17, 15) is 13.2 Å². The second-order valence-corrected chi connectivity index (χ2v) is 9.15. The van der Waals surface area contributed by atoms with Crippen LogP contribution in [0.15, 0.2) is 12.1 Å². The summed E-state index contributed by atoms with van der Waals surface area (Å²) in [6, 6.07) is 3.17. The molecule has 0 aromatic heterocycles. The minimum atomic E-state index is -3.14. The number of nitrogens with two attached hydrogens (primary N) is 1. The van der Waals surface area contributed by atoms with E-state index >= 15 is 0 Å². The third-order valence-corrected chi connectivity index (χ3v) is 5.80. The highest BCUT2D eigenvalue weighted by atomic mass is 35.5. The van der Waals surface area contributed by atoms with E-state index in [4.69, 9.17) is 22.1 Å². The van der Waals surface area contributed by atoms with Crippen LogP contribution in [0.2, 0.25) is 5.02 Å². The molecule has 0 aliphatic carbocycles. The molecule has 0 saturated carbocycles. The van der Waals surface area contributed by atoms with Crippen LogP contribution in [0, 0.1) is 0 Å². The van der Waals surface area contributed by atoms with Crippen molar-refractivity contribution in [2.24, 2.45) is 0 Å². The van der Waals surface area contributed by atoms with Crippen LogP contribution < -0.4 is 15.2 Å². The standard InChI is InChI=1S/C18H28ClN3O4S/c1-26-18-12-16(20)15(19)11-14(18)17(23)5-3-4-8-22-9-6-13(7-10-22)21-27(2,24)25/h11-13,21H,3-10,20H2,1-2H3. The molecule has 2 rings (SSSR count). The van der Waals surface area contributed by atoms with Gasteiger partial charge in [-0.2, -0.15) is 0 Å². The number of carbonyl (C=O) groups excluding carboxylic acids is 1. The number of methoxy groups -OCH3 is 1. The largest absolute Gasteiger partial charge is 0.496 e. The summed E-state index contributed by atoms with van der Waals surface area (Å²) in [6.45, 7) is 2.63. The second kappa shape index (κ2) is 9.73. The molecule has 0 unspecified atom stereocenters. The van der Waals surface area contributed by atoms with Gasteiger partial charge < -0.3 is 15.4 Å². The average Bonchev–Trinajstić information content (AvgIpc) is 2.60. The number of anilines is 1. The van der Waals surface area contributed by atoms with Gasteiger partial charge in [-0.25, -0.2) is 13.1 Å². The first-order valence-electron chi connectivity index (χ1n) is 9.05. The molecule has 0 bridgehead atoms. The van der Waals surface area contributed by atoms with Crippen molar-refractivity contribution < 1.29 is 17.9 Å². The fourth-order valence-corrected chi connectivity index (χ4v) is 4.29. The number of piperidine rings is 1. The normalized spacial score (nSPS) is 16.4.